The van der Waals surface area contributed by atoms with Gasteiger partial charge in [0.15, 0.2) is 0 Å². The molecule has 0 spiro atoms. The second kappa shape index (κ2) is 5.89. The molecule has 0 aliphatic carbocycles. The molecule has 19 heavy (non-hydrogen) atoms. The largest absolute Gasteiger partial charge is 0.330 e. The fraction of sp³-hybridized carbons (Fsp3) is 0.333. The zero-order valence-corrected chi connectivity index (χ0v) is 11.2. The predicted octanol–water partition coefficient (Wildman–Crippen LogP) is 3.04. The Hall–Kier alpha value is -1.81. The normalized spacial score (nSPS) is 12.4. The van der Waals surface area contributed by atoms with E-state index in [1.165, 1.54) is 6.07 Å². The van der Waals surface area contributed by atoms with Crippen LogP contribution in [0.15, 0.2) is 30.3 Å². The lowest BCUT2D eigenvalue weighted by Crippen LogP contribution is -2.09. The van der Waals surface area contributed by atoms with E-state index in [0.717, 1.165) is 17.9 Å². The molecular formula is C15H18FN3. The first-order chi connectivity index (χ1) is 9.11. The molecule has 1 aromatic carbocycles. The molecule has 2 rings (SSSR count). The van der Waals surface area contributed by atoms with Gasteiger partial charge in [-0.15, -0.1) is 0 Å². The van der Waals surface area contributed by atoms with Crippen LogP contribution in [0.3, 0.4) is 0 Å². The average Bonchev–Trinajstić information content (AvgIpc) is 2.39. The molecule has 0 aliphatic heterocycles. The second-order valence-corrected chi connectivity index (χ2v) is 4.71. The van der Waals surface area contributed by atoms with Crippen LogP contribution in [-0.2, 0) is 0 Å². The van der Waals surface area contributed by atoms with Crippen LogP contribution in [0, 0.1) is 12.7 Å². The monoisotopic (exact) mass is 259 g/mol. The van der Waals surface area contributed by atoms with E-state index in [1.807, 2.05) is 13.8 Å². The molecule has 0 aliphatic rings. The van der Waals surface area contributed by atoms with Gasteiger partial charge in [0.1, 0.15) is 11.6 Å². The van der Waals surface area contributed by atoms with E-state index in [0.29, 0.717) is 17.8 Å². The van der Waals surface area contributed by atoms with Gasteiger partial charge in [-0.25, -0.2) is 14.4 Å². The minimum absolute atomic E-state index is 0.176. The summed E-state index contributed by atoms with van der Waals surface area (Å²) in [6, 6.07) is 8.45. The summed E-state index contributed by atoms with van der Waals surface area (Å²) in [5.41, 5.74) is 7.54. The molecule has 2 N–H and O–H groups in total. The number of rotatable bonds is 4. The van der Waals surface area contributed by atoms with Crippen molar-refractivity contribution in [1.82, 2.24) is 9.97 Å². The number of aromatic nitrogens is 2. The highest BCUT2D eigenvalue weighted by atomic mass is 19.1. The van der Waals surface area contributed by atoms with Crippen LogP contribution in [0.5, 0.6) is 0 Å². The SMILES string of the molecule is Cc1cc(-c2ccccc2F)nc(C(C)CCN)n1. The summed E-state index contributed by atoms with van der Waals surface area (Å²) >= 11 is 0. The minimum Gasteiger partial charge on any atom is -0.330 e. The summed E-state index contributed by atoms with van der Waals surface area (Å²) in [5.74, 6) is 0.636. The number of nitrogens with two attached hydrogens (primary N) is 1. The van der Waals surface area contributed by atoms with Crippen LogP contribution in [0.2, 0.25) is 0 Å². The highest BCUT2D eigenvalue weighted by Crippen LogP contribution is 2.23. The fourth-order valence-electron chi connectivity index (χ4n) is 2.00. The third-order valence-electron chi connectivity index (χ3n) is 3.06. The summed E-state index contributed by atoms with van der Waals surface area (Å²) in [6.45, 7) is 4.52. The number of hydrogen-bond donors (Lipinski definition) is 1. The Balaban J connectivity index is 2.45. The van der Waals surface area contributed by atoms with Crippen LogP contribution in [0.1, 0.15) is 30.8 Å². The third kappa shape index (κ3) is 3.15. The van der Waals surface area contributed by atoms with Gasteiger partial charge < -0.3 is 5.73 Å². The Morgan fingerprint density at radius 2 is 2.00 bits per heavy atom. The van der Waals surface area contributed by atoms with E-state index < -0.39 is 0 Å². The number of benzene rings is 1. The van der Waals surface area contributed by atoms with Crippen LogP contribution in [0.25, 0.3) is 11.3 Å². The van der Waals surface area contributed by atoms with Crippen molar-refractivity contribution >= 4 is 0 Å². The molecule has 2 aromatic rings. The van der Waals surface area contributed by atoms with Crippen LogP contribution in [0.4, 0.5) is 4.39 Å². The zero-order chi connectivity index (χ0) is 13.8. The summed E-state index contributed by atoms with van der Waals surface area (Å²) in [4.78, 5) is 8.89. The molecule has 0 saturated heterocycles. The molecule has 0 fully saturated rings. The van der Waals surface area contributed by atoms with Crippen molar-refractivity contribution in [3.63, 3.8) is 0 Å². The van der Waals surface area contributed by atoms with Gasteiger partial charge in [0, 0.05) is 17.2 Å². The van der Waals surface area contributed by atoms with Crippen LogP contribution >= 0.6 is 0 Å². The minimum atomic E-state index is -0.266. The van der Waals surface area contributed by atoms with Crippen molar-refractivity contribution in [3.8, 4) is 11.3 Å². The van der Waals surface area contributed by atoms with E-state index in [9.17, 15) is 4.39 Å². The maximum Gasteiger partial charge on any atom is 0.132 e. The average molecular weight is 259 g/mol. The lowest BCUT2D eigenvalue weighted by atomic mass is 10.1. The maximum absolute atomic E-state index is 13.8. The molecule has 100 valence electrons. The van der Waals surface area contributed by atoms with Crippen LogP contribution in [-0.4, -0.2) is 16.5 Å². The molecule has 0 amide bonds. The van der Waals surface area contributed by atoms with Gasteiger partial charge >= 0.3 is 0 Å². The maximum atomic E-state index is 13.8. The zero-order valence-electron chi connectivity index (χ0n) is 11.2. The molecule has 1 aromatic heterocycles. The van der Waals surface area contributed by atoms with E-state index in [4.69, 9.17) is 5.73 Å². The van der Waals surface area contributed by atoms with Crippen molar-refractivity contribution in [2.24, 2.45) is 5.73 Å². The smallest absolute Gasteiger partial charge is 0.132 e. The number of nitrogens with zero attached hydrogens (tertiary/aromatic N) is 2. The lowest BCUT2D eigenvalue weighted by molar-refractivity contribution is 0.627. The Labute approximate surface area is 112 Å². The molecule has 0 bridgehead atoms. The van der Waals surface area contributed by atoms with Gasteiger partial charge in [0.25, 0.3) is 0 Å². The Bertz CT molecular complexity index is 569. The highest BCUT2D eigenvalue weighted by molar-refractivity contribution is 5.60. The number of halogens is 1. The van der Waals surface area contributed by atoms with Gasteiger partial charge in [-0.2, -0.15) is 0 Å². The van der Waals surface area contributed by atoms with Crippen molar-refractivity contribution in [2.75, 3.05) is 6.54 Å². The van der Waals surface area contributed by atoms with Crippen molar-refractivity contribution in [3.05, 3.63) is 47.7 Å². The summed E-state index contributed by atoms with van der Waals surface area (Å²) in [6.07, 6.45) is 0.820. The van der Waals surface area contributed by atoms with E-state index in [-0.39, 0.29) is 11.7 Å². The number of aryl methyl sites for hydroxylation is 1. The molecule has 1 unspecified atom stereocenters. The van der Waals surface area contributed by atoms with Crippen molar-refractivity contribution < 1.29 is 4.39 Å². The van der Waals surface area contributed by atoms with Gasteiger partial charge in [0.05, 0.1) is 5.69 Å². The van der Waals surface area contributed by atoms with Gasteiger partial charge in [0.2, 0.25) is 0 Å². The molecule has 1 atom stereocenters. The first-order valence-corrected chi connectivity index (χ1v) is 6.42. The van der Waals surface area contributed by atoms with Gasteiger partial charge in [-0.1, -0.05) is 19.1 Å². The summed E-state index contributed by atoms with van der Waals surface area (Å²) in [7, 11) is 0. The Kier molecular flexibility index (Phi) is 4.22. The lowest BCUT2D eigenvalue weighted by Gasteiger charge is -2.11. The first kappa shape index (κ1) is 13.6. The van der Waals surface area contributed by atoms with Gasteiger partial charge in [-0.3, -0.25) is 0 Å². The Morgan fingerprint density at radius 3 is 2.68 bits per heavy atom. The van der Waals surface area contributed by atoms with E-state index in [1.54, 1.807) is 24.3 Å². The highest BCUT2D eigenvalue weighted by Gasteiger charge is 2.12. The standard InChI is InChI=1S/C15H18FN3/c1-10(7-8-17)15-18-11(2)9-14(19-15)12-5-3-4-6-13(12)16/h3-6,9-10H,7-8,17H2,1-2H3. The van der Waals surface area contributed by atoms with Crippen molar-refractivity contribution in [2.45, 2.75) is 26.2 Å². The molecule has 0 saturated carbocycles. The molecule has 3 nitrogen and oxygen atoms in total. The van der Waals surface area contributed by atoms with Crippen LogP contribution < -0.4 is 5.73 Å². The topological polar surface area (TPSA) is 51.8 Å². The summed E-state index contributed by atoms with van der Waals surface area (Å²) in [5, 5.41) is 0. The molecular weight excluding hydrogens is 241 g/mol. The second-order valence-electron chi connectivity index (χ2n) is 4.71. The summed E-state index contributed by atoms with van der Waals surface area (Å²) < 4.78 is 13.8. The number of hydrogen-bond acceptors (Lipinski definition) is 3. The molecule has 0 radical (unpaired) electrons. The van der Waals surface area contributed by atoms with E-state index >= 15 is 0 Å². The fourth-order valence-corrected chi connectivity index (χ4v) is 2.00. The first-order valence-electron chi connectivity index (χ1n) is 6.42. The molecule has 1 heterocycles. The third-order valence-corrected chi connectivity index (χ3v) is 3.06. The quantitative estimate of drug-likeness (QED) is 0.918. The van der Waals surface area contributed by atoms with E-state index in [2.05, 4.69) is 9.97 Å². The Morgan fingerprint density at radius 1 is 1.26 bits per heavy atom. The van der Waals surface area contributed by atoms with Gasteiger partial charge in [-0.05, 0) is 38.1 Å². The molecule has 4 heteroatoms. The van der Waals surface area contributed by atoms with Crippen molar-refractivity contribution in [1.29, 1.82) is 0 Å². The predicted molar refractivity (Wildman–Crippen MR) is 74.2 cm³/mol.